The van der Waals surface area contributed by atoms with Crippen LogP contribution in [0.4, 0.5) is 18.3 Å². The number of nitrogens with one attached hydrogen (secondary N) is 1. The molecule has 0 aliphatic carbocycles. The van der Waals surface area contributed by atoms with E-state index in [9.17, 15) is 13.2 Å². The number of hydrogen-bond donors (Lipinski definition) is 1. The van der Waals surface area contributed by atoms with Gasteiger partial charge in [-0.1, -0.05) is 68.5 Å². The van der Waals surface area contributed by atoms with Crippen LogP contribution in [0.1, 0.15) is 31.9 Å². The molecule has 0 radical (unpaired) electrons. The Balaban J connectivity index is 2.02. The molecule has 0 unspecified atom stereocenters. The highest BCUT2D eigenvalue weighted by Gasteiger charge is 2.34. The van der Waals surface area contributed by atoms with E-state index < -0.39 is 11.7 Å². The Bertz CT molecular complexity index is 957. The zero-order chi connectivity index (χ0) is 20.5. The average molecular weight is 406 g/mol. The highest BCUT2D eigenvalue weighted by Crippen LogP contribution is 2.44. The van der Waals surface area contributed by atoms with Gasteiger partial charge in [0.15, 0.2) is 5.13 Å². The van der Waals surface area contributed by atoms with E-state index >= 15 is 0 Å². The van der Waals surface area contributed by atoms with Crippen molar-refractivity contribution < 1.29 is 17.9 Å². The van der Waals surface area contributed by atoms with Crippen LogP contribution in [0.25, 0.3) is 11.3 Å². The number of benzene rings is 2. The van der Waals surface area contributed by atoms with E-state index in [0.717, 1.165) is 17.2 Å². The normalized spacial score (nSPS) is 12.1. The minimum absolute atomic E-state index is 0.00170. The Morgan fingerprint density at radius 3 is 2.18 bits per heavy atom. The number of hydrogen-bond acceptors (Lipinski definition) is 4. The van der Waals surface area contributed by atoms with Gasteiger partial charge in [0.05, 0.1) is 5.56 Å². The van der Waals surface area contributed by atoms with E-state index in [2.05, 4.69) is 31.1 Å². The lowest BCUT2D eigenvalue weighted by Crippen LogP contribution is -2.10. The Hall–Kier alpha value is -2.54. The summed E-state index contributed by atoms with van der Waals surface area (Å²) in [5.41, 5.74) is 1.63. The summed E-state index contributed by atoms with van der Waals surface area (Å²) in [7, 11) is 1.71. The molecule has 0 bridgehead atoms. The number of halogens is 3. The van der Waals surface area contributed by atoms with Crippen LogP contribution in [0, 0.1) is 0 Å². The van der Waals surface area contributed by atoms with Crippen LogP contribution in [0.3, 0.4) is 0 Å². The molecule has 0 aliphatic heterocycles. The standard InChI is InChI=1S/C21H21F3N2OS/c1-20(2,3)14-11-9-13(10-12-14)17-18(28-19(25-4)26-17)27-16-8-6-5-7-15(16)21(22,23)24/h5-12H,1-4H3,(H,25,26). The van der Waals surface area contributed by atoms with Gasteiger partial charge in [0.1, 0.15) is 11.4 Å². The summed E-state index contributed by atoms with van der Waals surface area (Å²) in [6.45, 7) is 6.35. The summed E-state index contributed by atoms with van der Waals surface area (Å²) >= 11 is 1.17. The lowest BCUT2D eigenvalue weighted by molar-refractivity contribution is -0.138. The first-order chi connectivity index (χ1) is 13.1. The van der Waals surface area contributed by atoms with Crippen LogP contribution in [0.15, 0.2) is 48.5 Å². The highest BCUT2D eigenvalue weighted by molar-refractivity contribution is 7.17. The van der Waals surface area contributed by atoms with E-state index in [-0.39, 0.29) is 11.2 Å². The first-order valence-corrected chi connectivity index (χ1v) is 9.55. The van der Waals surface area contributed by atoms with Crippen molar-refractivity contribution in [3.63, 3.8) is 0 Å². The van der Waals surface area contributed by atoms with Crippen LogP contribution in [-0.4, -0.2) is 12.0 Å². The average Bonchev–Trinajstić information content (AvgIpc) is 3.03. The van der Waals surface area contributed by atoms with E-state index in [4.69, 9.17) is 4.74 Å². The number of para-hydroxylation sites is 1. The fourth-order valence-electron chi connectivity index (χ4n) is 2.68. The molecule has 2 aromatic carbocycles. The molecule has 0 fully saturated rings. The molecule has 1 N–H and O–H groups in total. The molecule has 0 aliphatic rings. The second kappa shape index (κ2) is 7.47. The van der Waals surface area contributed by atoms with Crippen LogP contribution in [0.5, 0.6) is 10.8 Å². The van der Waals surface area contributed by atoms with Gasteiger partial charge in [0.25, 0.3) is 0 Å². The summed E-state index contributed by atoms with van der Waals surface area (Å²) in [5.74, 6) is -0.242. The van der Waals surface area contributed by atoms with Crippen molar-refractivity contribution in [2.45, 2.75) is 32.4 Å². The van der Waals surface area contributed by atoms with Crippen LogP contribution < -0.4 is 10.1 Å². The Morgan fingerprint density at radius 2 is 1.61 bits per heavy atom. The molecule has 0 spiro atoms. The molecule has 0 saturated heterocycles. The second-order valence-corrected chi connectivity index (χ2v) is 8.29. The van der Waals surface area contributed by atoms with Crippen LogP contribution in [-0.2, 0) is 11.6 Å². The summed E-state index contributed by atoms with van der Waals surface area (Å²) in [5, 5.41) is 3.80. The van der Waals surface area contributed by atoms with Crippen molar-refractivity contribution in [1.82, 2.24) is 4.98 Å². The molecule has 3 nitrogen and oxygen atoms in total. The van der Waals surface area contributed by atoms with Gasteiger partial charge < -0.3 is 10.1 Å². The van der Waals surface area contributed by atoms with Gasteiger partial charge in [0, 0.05) is 12.6 Å². The minimum atomic E-state index is -4.50. The van der Waals surface area contributed by atoms with Gasteiger partial charge in [-0.15, -0.1) is 0 Å². The molecular formula is C21H21F3N2OS. The summed E-state index contributed by atoms with van der Waals surface area (Å²) in [4.78, 5) is 4.48. The number of anilines is 1. The lowest BCUT2D eigenvalue weighted by atomic mass is 9.86. The van der Waals surface area contributed by atoms with Gasteiger partial charge in [-0.3, -0.25) is 0 Å². The maximum atomic E-state index is 13.3. The van der Waals surface area contributed by atoms with E-state index in [1.165, 1.54) is 29.5 Å². The van der Waals surface area contributed by atoms with Crippen LogP contribution in [0.2, 0.25) is 0 Å². The summed E-state index contributed by atoms with van der Waals surface area (Å²) in [6, 6.07) is 13.0. The number of rotatable bonds is 4. The third-order valence-corrected chi connectivity index (χ3v) is 5.18. The second-order valence-electron chi connectivity index (χ2n) is 7.33. The molecular weight excluding hydrogens is 385 g/mol. The SMILES string of the molecule is CNc1nc(-c2ccc(C(C)(C)C)cc2)c(Oc2ccccc2C(F)(F)F)s1. The van der Waals surface area contributed by atoms with E-state index in [1.807, 2.05) is 24.3 Å². The Kier molecular flexibility index (Phi) is 5.39. The molecule has 1 heterocycles. The molecule has 0 amide bonds. The largest absolute Gasteiger partial charge is 0.444 e. The number of aromatic nitrogens is 1. The highest BCUT2D eigenvalue weighted by atomic mass is 32.1. The first kappa shape index (κ1) is 20.2. The van der Waals surface area contributed by atoms with Crippen molar-refractivity contribution in [1.29, 1.82) is 0 Å². The van der Waals surface area contributed by atoms with Gasteiger partial charge >= 0.3 is 6.18 Å². The van der Waals surface area contributed by atoms with Crippen LogP contribution >= 0.6 is 11.3 Å². The summed E-state index contributed by atoms with van der Waals surface area (Å²) < 4.78 is 45.6. The summed E-state index contributed by atoms with van der Waals surface area (Å²) in [6.07, 6.45) is -4.50. The quantitative estimate of drug-likeness (QED) is 0.508. The molecule has 0 saturated carbocycles. The number of alkyl halides is 3. The molecule has 28 heavy (non-hydrogen) atoms. The number of nitrogens with zero attached hydrogens (tertiary/aromatic N) is 1. The number of thiazole rings is 1. The van der Waals surface area contributed by atoms with Crippen molar-refractivity contribution in [2.75, 3.05) is 12.4 Å². The van der Waals surface area contributed by atoms with Gasteiger partial charge in [-0.25, -0.2) is 4.98 Å². The molecule has 148 valence electrons. The third kappa shape index (κ3) is 4.30. The molecule has 1 aromatic heterocycles. The molecule has 3 rings (SSSR count). The molecule has 7 heteroatoms. The Labute approximate surface area is 166 Å². The predicted molar refractivity (Wildman–Crippen MR) is 107 cm³/mol. The molecule has 3 aromatic rings. The third-order valence-electron chi connectivity index (χ3n) is 4.23. The van der Waals surface area contributed by atoms with Crippen molar-refractivity contribution in [2.24, 2.45) is 0 Å². The van der Waals surface area contributed by atoms with Crippen molar-refractivity contribution >= 4 is 16.5 Å². The maximum absolute atomic E-state index is 13.3. The first-order valence-electron chi connectivity index (χ1n) is 8.73. The van der Waals surface area contributed by atoms with E-state index in [1.54, 1.807) is 7.05 Å². The predicted octanol–water partition coefficient (Wildman–Crippen LogP) is 6.96. The van der Waals surface area contributed by atoms with Gasteiger partial charge in [-0.05, 0) is 23.1 Å². The zero-order valence-electron chi connectivity index (χ0n) is 16.0. The van der Waals surface area contributed by atoms with Gasteiger partial charge in [0.2, 0.25) is 5.06 Å². The van der Waals surface area contributed by atoms with Crippen molar-refractivity contribution in [3.05, 3.63) is 59.7 Å². The monoisotopic (exact) mass is 406 g/mol. The fraction of sp³-hybridized carbons (Fsp3) is 0.286. The Morgan fingerprint density at radius 1 is 0.964 bits per heavy atom. The lowest BCUT2D eigenvalue weighted by Gasteiger charge is -2.19. The maximum Gasteiger partial charge on any atom is 0.419 e. The fourth-order valence-corrected chi connectivity index (χ4v) is 3.49. The van der Waals surface area contributed by atoms with E-state index in [0.29, 0.717) is 15.9 Å². The minimum Gasteiger partial charge on any atom is -0.444 e. The van der Waals surface area contributed by atoms with Gasteiger partial charge in [-0.2, -0.15) is 13.2 Å². The smallest absolute Gasteiger partial charge is 0.419 e. The molecule has 0 atom stereocenters. The number of ether oxygens (including phenoxy) is 1. The van der Waals surface area contributed by atoms with Crippen molar-refractivity contribution in [3.8, 4) is 22.1 Å². The zero-order valence-corrected chi connectivity index (χ0v) is 16.8. The topological polar surface area (TPSA) is 34.2 Å².